The van der Waals surface area contributed by atoms with Crippen molar-refractivity contribution in [3.05, 3.63) is 59.8 Å². The van der Waals surface area contributed by atoms with Crippen LogP contribution in [-0.2, 0) is 0 Å². The van der Waals surface area contributed by atoms with Crippen molar-refractivity contribution in [1.29, 1.82) is 0 Å². The lowest BCUT2D eigenvalue weighted by molar-refractivity contribution is 0.0697. The molecule has 1 aromatic heterocycles. The van der Waals surface area contributed by atoms with Crippen molar-refractivity contribution >= 4 is 16.9 Å². The Morgan fingerprint density at radius 3 is 2.63 bits per heavy atom. The molecule has 1 heterocycles. The Bertz CT molecular complexity index is 771. The second-order valence-electron chi connectivity index (χ2n) is 4.64. The van der Waals surface area contributed by atoms with E-state index in [-0.39, 0.29) is 0 Å². The summed E-state index contributed by atoms with van der Waals surface area (Å²) in [6, 6.07) is 15.2. The van der Waals surface area contributed by atoms with Crippen LogP contribution in [0.3, 0.4) is 0 Å². The predicted molar refractivity (Wildman–Crippen MR) is 75.4 cm³/mol. The van der Waals surface area contributed by atoms with Crippen LogP contribution in [0.25, 0.3) is 22.0 Å². The SMILES string of the molecule is Cc1cc2cc(-c3cccc(C(=O)O)c3)ccc2[nH]1. The van der Waals surface area contributed by atoms with Crippen LogP contribution < -0.4 is 0 Å². The van der Waals surface area contributed by atoms with Crippen molar-refractivity contribution in [3.8, 4) is 11.1 Å². The number of aryl methyl sites for hydroxylation is 1. The van der Waals surface area contributed by atoms with Gasteiger partial charge in [0.25, 0.3) is 0 Å². The van der Waals surface area contributed by atoms with Gasteiger partial charge >= 0.3 is 5.97 Å². The van der Waals surface area contributed by atoms with Crippen LogP contribution in [0.1, 0.15) is 16.1 Å². The lowest BCUT2D eigenvalue weighted by Gasteiger charge is -2.03. The average Bonchev–Trinajstić information content (AvgIpc) is 2.77. The first-order valence-corrected chi connectivity index (χ1v) is 6.06. The van der Waals surface area contributed by atoms with E-state index in [9.17, 15) is 4.79 Å². The fourth-order valence-corrected chi connectivity index (χ4v) is 2.29. The zero-order valence-electron chi connectivity index (χ0n) is 10.5. The minimum absolute atomic E-state index is 0.308. The number of aromatic nitrogens is 1. The van der Waals surface area contributed by atoms with Crippen LogP contribution in [-0.4, -0.2) is 16.1 Å². The summed E-state index contributed by atoms with van der Waals surface area (Å²) in [6.07, 6.45) is 0. The van der Waals surface area contributed by atoms with E-state index >= 15 is 0 Å². The summed E-state index contributed by atoms with van der Waals surface area (Å²) in [7, 11) is 0. The molecule has 3 nitrogen and oxygen atoms in total. The minimum atomic E-state index is -0.902. The maximum atomic E-state index is 11.0. The highest BCUT2D eigenvalue weighted by atomic mass is 16.4. The molecule has 0 radical (unpaired) electrons. The van der Waals surface area contributed by atoms with Crippen LogP contribution in [0.15, 0.2) is 48.5 Å². The molecular weight excluding hydrogens is 238 g/mol. The number of carboxylic acids is 1. The van der Waals surface area contributed by atoms with Crippen molar-refractivity contribution < 1.29 is 9.90 Å². The van der Waals surface area contributed by atoms with Gasteiger partial charge in [0.1, 0.15) is 0 Å². The number of H-pyrrole nitrogens is 1. The molecule has 2 aromatic carbocycles. The van der Waals surface area contributed by atoms with Crippen molar-refractivity contribution in [2.45, 2.75) is 6.92 Å². The van der Waals surface area contributed by atoms with Gasteiger partial charge in [0, 0.05) is 16.6 Å². The third-order valence-electron chi connectivity index (χ3n) is 3.20. The lowest BCUT2D eigenvalue weighted by atomic mass is 10.0. The van der Waals surface area contributed by atoms with Crippen LogP contribution in [0.2, 0.25) is 0 Å². The molecule has 3 aromatic rings. The predicted octanol–water partition coefficient (Wildman–Crippen LogP) is 3.84. The van der Waals surface area contributed by atoms with Gasteiger partial charge in [0.05, 0.1) is 5.56 Å². The van der Waals surface area contributed by atoms with Crippen molar-refractivity contribution in [1.82, 2.24) is 4.98 Å². The number of nitrogens with one attached hydrogen (secondary N) is 1. The third kappa shape index (κ3) is 2.10. The molecule has 0 saturated heterocycles. The molecule has 0 amide bonds. The maximum absolute atomic E-state index is 11.0. The van der Waals surface area contributed by atoms with E-state index in [1.165, 1.54) is 0 Å². The number of aromatic carboxylic acids is 1. The molecule has 0 bridgehead atoms. The molecule has 0 aliphatic carbocycles. The van der Waals surface area contributed by atoms with Crippen molar-refractivity contribution in [3.63, 3.8) is 0 Å². The second kappa shape index (κ2) is 4.28. The summed E-state index contributed by atoms with van der Waals surface area (Å²) in [6.45, 7) is 2.02. The molecule has 0 aliphatic rings. The maximum Gasteiger partial charge on any atom is 0.335 e. The molecule has 0 saturated carbocycles. The number of fused-ring (bicyclic) bond motifs is 1. The molecule has 0 atom stereocenters. The highest BCUT2D eigenvalue weighted by Crippen LogP contribution is 2.25. The summed E-state index contributed by atoms with van der Waals surface area (Å²) in [5, 5.41) is 10.2. The number of hydrogen-bond donors (Lipinski definition) is 2. The largest absolute Gasteiger partial charge is 0.478 e. The van der Waals surface area contributed by atoms with E-state index in [0.717, 1.165) is 27.7 Å². The normalized spacial score (nSPS) is 10.8. The van der Waals surface area contributed by atoms with E-state index in [2.05, 4.69) is 17.1 Å². The summed E-state index contributed by atoms with van der Waals surface area (Å²) in [5.41, 5.74) is 4.46. The Morgan fingerprint density at radius 1 is 1.05 bits per heavy atom. The molecule has 94 valence electrons. The first-order valence-electron chi connectivity index (χ1n) is 6.06. The first-order chi connectivity index (χ1) is 9.13. The molecule has 0 aliphatic heterocycles. The minimum Gasteiger partial charge on any atom is -0.478 e. The van der Waals surface area contributed by atoms with E-state index in [0.29, 0.717) is 5.56 Å². The Hall–Kier alpha value is -2.55. The van der Waals surface area contributed by atoms with Crippen LogP contribution in [0.4, 0.5) is 0 Å². The van der Waals surface area contributed by atoms with Gasteiger partial charge in [-0.25, -0.2) is 4.79 Å². The number of carboxylic acid groups (broad SMARTS) is 1. The highest BCUT2D eigenvalue weighted by molar-refractivity contribution is 5.91. The van der Waals surface area contributed by atoms with Crippen LogP contribution in [0, 0.1) is 6.92 Å². The zero-order chi connectivity index (χ0) is 13.4. The topological polar surface area (TPSA) is 53.1 Å². The number of rotatable bonds is 2. The van der Waals surface area contributed by atoms with Gasteiger partial charge in [-0.1, -0.05) is 18.2 Å². The summed E-state index contributed by atoms with van der Waals surface area (Å²) < 4.78 is 0. The Balaban J connectivity index is 2.12. The molecule has 0 fully saturated rings. The molecule has 0 spiro atoms. The average molecular weight is 251 g/mol. The third-order valence-corrected chi connectivity index (χ3v) is 3.20. The molecule has 3 heteroatoms. The monoisotopic (exact) mass is 251 g/mol. The summed E-state index contributed by atoms with van der Waals surface area (Å²) in [5.74, 6) is -0.902. The molecule has 3 rings (SSSR count). The lowest BCUT2D eigenvalue weighted by Crippen LogP contribution is -1.95. The van der Waals surface area contributed by atoms with Gasteiger partial charge in [-0.2, -0.15) is 0 Å². The van der Waals surface area contributed by atoms with Crippen molar-refractivity contribution in [2.75, 3.05) is 0 Å². The number of carbonyl (C=O) groups is 1. The molecule has 0 unspecified atom stereocenters. The molecule has 2 N–H and O–H groups in total. The first kappa shape index (κ1) is 11.5. The van der Waals surface area contributed by atoms with E-state index in [4.69, 9.17) is 5.11 Å². The van der Waals surface area contributed by atoms with E-state index < -0.39 is 5.97 Å². The van der Waals surface area contributed by atoms with Gasteiger partial charge in [0.15, 0.2) is 0 Å². The fourth-order valence-electron chi connectivity index (χ4n) is 2.29. The van der Waals surface area contributed by atoms with Gasteiger partial charge in [-0.3, -0.25) is 0 Å². The number of benzene rings is 2. The Kier molecular flexibility index (Phi) is 2.60. The van der Waals surface area contributed by atoms with Gasteiger partial charge in [-0.15, -0.1) is 0 Å². The Labute approximate surface area is 110 Å². The van der Waals surface area contributed by atoms with Gasteiger partial charge in [-0.05, 0) is 48.4 Å². The number of aromatic amines is 1. The van der Waals surface area contributed by atoms with Crippen LogP contribution in [0.5, 0.6) is 0 Å². The standard InChI is InChI=1S/C16H13NO2/c1-10-7-14-9-12(5-6-15(14)17-10)11-3-2-4-13(8-11)16(18)19/h2-9,17H,1H3,(H,18,19). The van der Waals surface area contributed by atoms with Gasteiger partial charge < -0.3 is 10.1 Å². The summed E-state index contributed by atoms with van der Waals surface area (Å²) >= 11 is 0. The highest BCUT2D eigenvalue weighted by Gasteiger charge is 2.06. The van der Waals surface area contributed by atoms with Gasteiger partial charge in [0.2, 0.25) is 0 Å². The van der Waals surface area contributed by atoms with Crippen molar-refractivity contribution in [2.24, 2.45) is 0 Å². The molecular formula is C16H13NO2. The molecule has 19 heavy (non-hydrogen) atoms. The fraction of sp³-hybridized carbons (Fsp3) is 0.0625. The quantitative estimate of drug-likeness (QED) is 0.727. The number of hydrogen-bond acceptors (Lipinski definition) is 1. The van der Waals surface area contributed by atoms with E-state index in [1.807, 2.05) is 25.1 Å². The second-order valence-corrected chi connectivity index (χ2v) is 4.64. The van der Waals surface area contributed by atoms with E-state index in [1.54, 1.807) is 18.2 Å². The Morgan fingerprint density at radius 2 is 1.84 bits per heavy atom. The summed E-state index contributed by atoms with van der Waals surface area (Å²) in [4.78, 5) is 14.3. The zero-order valence-corrected chi connectivity index (χ0v) is 10.5. The van der Waals surface area contributed by atoms with Crippen LogP contribution >= 0.6 is 0 Å². The smallest absolute Gasteiger partial charge is 0.335 e.